The highest BCUT2D eigenvalue weighted by atomic mass is 79.9. The molecular weight excluding hydrogens is 398 g/mol. The standard InChI is InChI=1S/C19H20BrN3O3/c1-11-5-12(2)7-14(6-11)22-17(24)9-23-13(3)18(20)16(10-26-4)15(8-21)19(23)25/h5-7H,9-10H2,1-4H3,(H,22,24). The van der Waals surface area contributed by atoms with Gasteiger partial charge >= 0.3 is 0 Å². The monoisotopic (exact) mass is 417 g/mol. The molecule has 26 heavy (non-hydrogen) atoms. The van der Waals surface area contributed by atoms with Crippen molar-refractivity contribution in [3.8, 4) is 6.07 Å². The molecule has 1 aromatic carbocycles. The maximum atomic E-state index is 12.6. The number of methoxy groups -OCH3 is 1. The quantitative estimate of drug-likeness (QED) is 0.809. The van der Waals surface area contributed by atoms with Gasteiger partial charge in [0.2, 0.25) is 5.91 Å². The Balaban J connectivity index is 2.37. The lowest BCUT2D eigenvalue weighted by atomic mass is 10.1. The van der Waals surface area contributed by atoms with E-state index in [1.807, 2.05) is 38.1 Å². The highest BCUT2D eigenvalue weighted by Crippen LogP contribution is 2.23. The third-order valence-electron chi connectivity index (χ3n) is 3.96. The first-order valence-corrected chi connectivity index (χ1v) is 8.76. The molecule has 0 saturated carbocycles. The minimum Gasteiger partial charge on any atom is -0.380 e. The number of nitrogens with zero attached hydrogens (tertiary/aromatic N) is 2. The van der Waals surface area contributed by atoms with Gasteiger partial charge in [-0.2, -0.15) is 5.26 Å². The molecule has 0 unspecified atom stereocenters. The molecule has 136 valence electrons. The van der Waals surface area contributed by atoms with Crippen molar-refractivity contribution in [3.63, 3.8) is 0 Å². The summed E-state index contributed by atoms with van der Waals surface area (Å²) in [5.41, 5.74) is 3.27. The van der Waals surface area contributed by atoms with Gasteiger partial charge in [0.25, 0.3) is 5.56 Å². The molecule has 0 aliphatic heterocycles. The van der Waals surface area contributed by atoms with Crippen molar-refractivity contribution in [2.24, 2.45) is 0 Å². The van der Waals surface area contributed by atoms with Crippen LogP contribution in [0.15, 0.2) is 27.5 Å². The number of rotatable bonds is 5. The van der Waals surface area contributed by atoms with Gasteiger partial charge in [0, 0.05) is 28.5 Å². The van der Waals surface area contributed by atoms with Gasteiger partial charge in [-0.25, -0.2) is 0 Å². The first-order valence-electron chi connectivity index (χ1n) is 7.97. The fraction of sp³-hybridized carbons (Fsp3) is 0.316. The summed E-state index contributed by atoms with van der Waals surface area (Å²) in [6.45, 7) is 5.56. The van der Waals surface area contributed by atoms with Crippen LogP contribution in [0.4, 0.5) is 5.69 Å². The van der Waals surface area contributed by atoms with Crippen LogP contribution in [0.5, 0.6) is 0 Å². The second-order valence-electron chi connectivity index (χ2n) is 6.11. The lowest BCUT2D eigenvalue weighted by molar-refractivity contribution is -0.116. The van der Waals surface area contributed by atoms with Crippen molar-refractivity contribution in [2.45, 2.75) is 33.9 Å². The fourth-order valence-corrected chi connectivity index (χ4v) is 3.37. The summed E-state index contributed by atoms with van der Waals surface area (Å²) in [6, 6.07) is 7.65. The van der Waals surface area contributed by atoms with Gasteiger partial charge in [0.05, 0.1) is 6.61 Å². The first kappa shape index (κ1) is 19.9. The van der Waals surface area contributed by atoms with Gasteiger partial charge in [0.15, 0.2) is 0 Å². The van der Waals surface area contributed by atoms with Crippen molar-refractivity contribution in [1.82, 2.24) is 4.57 Å². The van der Waals surface area contributed by atoms with Gasteiger partial charge in [-0.15, -0.1) is 0 Å². The predicted octanol–water partition coefficient (Wildman–Crippen LogP) is 3.19. The lowest BCUT2D eigenvalue weighted by Gasteiger charge is -2.16. The van der Waals surface area contributed by atoms with Crippen LogP contribution >= 0.6 is 15.9 Å². The van der Waals surface area contributed by atoms with E-state index in [1.54, 1.807) is 6.92 Å². The molecule has 0 aliphatic carbocycles. The number of carbonyl (C=O) groups excluding carboxylic acids is 1. The minimum atomic E-state index is -0.504. The van der Waals surface area contributed by atoms with Crippen molar-refractivity contribution < 1.29 is 9.53 Å². The number of aryl methyl sites for hydroxylation is 2. The number of benzene rings is 1. The molecular formula is C19H20BrN3O3. The van der Waals surface area contributed by atoms with Crippen molar-refractivity contribution in [1.29, 1.82) is 5.26 Å². The third-order valence-corrected chi connectivity index (χ3v) is 5.01. The smallest absolute Gasteiger partial charge is 0.269 e. The molecule has 0 radical (unpaired) electrons. The van der Waals surface area contributed by atoms with Crippen LogP contribution in [0.2, 0.25) is 0 Å². The Bertz CT molecular complexity index is 938. The fourth-order valence-electron chi connectivity index (χ4n) is 2.84. The maximum absolute atomic E-state index is 12.6. The van der Waals surface area contributed by atoms with E-state index in [4.69, 9.17) is 4.74 Å². The highest BCUT2D eigenvalue weighted by Gasteiger charge is 2.19. The van der Waals surface area contributed by atoms with Gasteiger partial charge in [-0.3, -0.25) is 9.59 Å². The summed E-state index contributed by atoms with van der Waals surface area (Å²) >= 11 is 3.41. The number of hydrogen-bond donors (Lipinski definition) is 1. The SMILES string of the molecule is COCc1c(Br)c(C)n(CC(=O)Nc2cc(C)cc(C)c2)c(=O)c1C#N. The first-order chi connectivity index (χ1) is 12.3. The van der Waals surface area contributed by atoms with Crippen LogP contribution in [0.3, 0.4) is 0 Å². The molecule has 0 spiro atoms. The zero-order valence-electron chi connectivity index (χ0n) is 15.1. The Labute approximate surface area is 160 Å². The Morgan fingerprint density at radius 1 is 1.27 bits per heavy atom. The third kappa shape index (κ3) is 4.21. The van der Waals surface area contributed by atoms with Gasteiger partial charge in [0.1, 0.15) is 18.2 Å². The number of pyridine rings is 1. The zero-order valence-corrected chi connectivity index (χ0v) is 16.7. The molecule has 0 fully saturated rings. The Hall–Kier alpha value is -2.43. The van der Waals surface area contributed by atoms with Crippen LogP contribution in [-0.2, 0) is 22.7 Å². The van der Waals surface area contributed by atoms with E-state index in [-0.39, 0.29) is 24.6 Å². The van der Waals surface area contributed by atoms with E-state index in [0.29, 0.717) is 21.4 Å². The van der Waals surface area contributed by atoms with Gasteiger partial charge in [-0.1, -0.05) is 6.07 Å². The van der Waals surface area contributed by atoms with Crippen LogP contribution in [0.1, 0.15) is 27.9 Å². The molecule has 2 aromatic rings. The average Bonchev–Trinajstić information content (AvgIpc) is 2.56. The normalized spacial score (nSPS) is 10.5. The van der Waals surface area contributed by atoms with Crippen molar-refractivity contribution in [3.05, 3.63) is 61.0 Å². The van der Waals surface area contributed by atoms with Crippen LogP contribution in [0.25, 0.3) is 0 Å². The lowest BCUT2D eigenvalue weighted by Crippen LogP contribution is -2.32. The number of halogens is 1. The molecule has 6 nitrogen and oxygen atoms in total. The highest BCUT2D eigenvalue weighted by molar-refractivity contribution is 9.10. The summed E-state index contributed by atoms with van der Waals surface area (Å²) in [6.07, 6.45) is 0. The molecule has 1 aromatic heterocycles. The number of hydrogen-bond acceptors (Lipinski definition) is 4. The molecule has 1 amide bonds. The van der Waals surface area contributed by atoms with E-state index in [1.165, 1.54) is 11.7 Å². The number of nitrogens with one attached hydrogen (secondary N) is 1. The van der Waals surface area contributed by atoms with Crippen LogP contribution in [0, 0.1) is 32.1 Å². The molecule has 0 bridgehead atoms. The number of ether oxygens (including phenoxy) is 1. The second kappa shape index (κ2) is 8.30. The van der Waals surface area contributed by atoms with Gasteiger partial charge < -0.3 is 14.6 Å². The average molecular weight is 418 g/mol. The molecule has 0 aliphatic rings. The summed E-state index contributed by atoms with van der Waals surface area (Å²) in [5.74, 6) is -0.338. The van der Waals surface area contributed by atoms with E-state index >= 15 is 0 Å². The predicted molar refractivity (Wildman–Crippen MR) is 103 cm³/mol. The van der Waals surface area contributed by atoms with E-state index in [2.05, 4.69) is 21.2 Å². The molecule has 0 atom stereocenters. The van der Waals surface area contributed by atoms with Crippen molar-refractivity contribution in [2.75, 3.05) is 12.4 Å². The number of anilines is 1. The zero-order chi connectivity index (χ0) is 19.4. The van der Waals surface area contributed by atoms with Crippen LogP contribution < -0.4 is 10.9 Å². The second-order valence-corrected chi connectivity index (χ2v) is 6.91. The largest absolute Gasteiger partial charge is 0.380 e. The number of carbonyl (C=O) groups is 1. The molecule has 2 rings (SSSR count). The molecule has 7 heteroatoms. The summed E-state index contributed by atoms with van der Waals surface area (Å²) in [5, 5.41) is 12.2. The minimum absolute atomic E-state index is 0.0245. The van der Waals surface area contributed by atoms with E-state index in [9.17, 15) is 14.9 Å². The Morgan fingerprint density at radius 2 is 1.88 bits per heavy atom. The number of amides is 1. The number of nitriles is 1. The van der Waals surface area contributed by atoms with Gasteiger partial charge in [-0.05, 0) is 60.0 Å². The van der Waals surface area contributed by atoms with Crippen molar-refractivity contribution >= 4 is 27.5 Å². The maximum Gasteiger partial charge on any atom is 0.269 e. The molecule has 0 saturated heterocycles. The summed E-state index contributed by atoms with van der Waals surface area (Å²) < 4.78 is 6.96. The van der Waals surface area contributed by atoms with E-state index in [0.717, 1.165) is 11.1 Å². The van der Waals surface area contributed by atoms with E-state index < -0.39 is 5.56 Å². The molecule has 1 heterocycles. The Kier molecular flexibility index (Phi) is 6.35. The summed E-state index contributed by atoms with van der Waals surface area (Å²) in [7, 11) is 1.49. The molecule has 1 N–H and O–H groups in total. The summed E-state index contributed by atoms with van der Waals surface area (Å²) in [4.78, 5) is 25.1. The topological polar surface area (TPSA) is 84.1 Å². The number of aromatic nitrogens is 1. The van der Waals surface area contributed by atoms with Crippen LogP contribution in [-0.4, -0.2) is 17.6 Å². The Morgan fingerprint density at radius 3 is 2.42 bits per heavy atom.